The van der Waals surface area contributed by atoms with E-state index in [1.165, 1.54) is 38.2 Å². The van der Waals surface area contributed by atoms with Gasteiger partial charge in [-0.05, 0) is 40.4 Å². The molecule has 0 atom stereocenters. The summed E-state index contributed by atoms with van der Waals surface area (Å²) in [4.78, 5) is 30.1. The summed E-state index contributed by atoms with van der Waals surface area (Å²) in [6, 6.07) is 5.47. The summed E-state index contributed by atoms with van der Waals surface area (Å²) in [6.07, 6.45) is 2.78. The maximum absolute atomic E-state index is 12.6. The van der Waals surface area contributed by atoms with Gasteiger partial charge in [0.2, 0.25) is 11.1 Å². The molecule has 148 valence electrons. The summed E-state index contributed by atoms with van der Waals surface area (Å²) in [7, 11) is 3.43. The van der Waals surface area contributed by atoms with Gasteiger partial charge < -0.3 is 5.32 Å². The van der Waals surface area contributed by atoms with E-state index in [2.05, 4.69) is 46.9 Å². The number of anilines is 1. The highest BCUT2D eigenvalue weighted by Gasteiger charge is 2.14. The molecule has 0 fully saturated rings. The van der Waals surface area contributed by atoms with Crippen molar-refractivity contribution in [3.05, 3.63) is 45.5 Å². The fourth-order valence-corrected chi connectivity index (χ4v) is 3.78. The van der Waals surface area contributed by atoms with Crippen LogP contribution in [0.15, 0.2) is 50.0 Å². The van der Waals surface area contributed by atoms with E-state index in [1.54, 1.807) is 20.2 Å². The average Bonchev–Trinajstić information content (AvgIpc) is 3.26. The predicted molar refractivity (Wildman–Crippen MR) is 108 cm³/mol. The Labute approximate surface area is 176 Å². The molecule has 0 unspecified atom stereocenters. The molecule has 4 rings (SSSR count). The molecule has 3 heterocycles. The molecule has 3 aromatic heterocycles. The Hall–Kier alpha value is -3.06. The Bertz CT molecular complexity index is 1280. The SMILES string of the molecule is Cn1nnnc1Sc1ccc(Br)cc1NC(=O)Cn1cnc2c(cnn2C)c1=O. The third kappa shape index (κ3) is 3.91. The second-order valence-corrected chi connectivity index (χ2v) is 7.98. The van der Waals surface area contributed by atoms with Gasteiger partial charge in [-0.1, -0.05) is 15.9 Å². The third-order valence-corrected chi connectivity index (χ3v) is 5.63. The summed E-state index contributed by atoms with van der Waals surface area (Å²) in [5.74, 6) is -0.367. The monoisotopic (exact) mass is 475 g/mol. The fourth-order valence-electron chi connectivity index (χ4n) is 2.62. The normalized spacial score (nSPS) is 11.1. The molecule has 1 N–H and O–H groups in total. The van der Waals surface area contributed by atoms with E-state index in [-0.39, 0.29) is 18.0 Å². The highest BCUT2D eigenvalue weighted by Crippen LogP contribution is 2.33. The zero-order valence-corrected chi connectivity index (χ0v) is 17.7. The summed E-state index contributed by atoms with van der Waals surface area (Å²) in [5.41, 5.74) is 0.711. The molecule has 1 aromatic carbocycles. The number of rotatable bonds is 5. The number of carbonyl (C=O) groups excluding carboxylic acids is 1. The smallest absolute Gasteiger partial charge is 0.264 e. The number of hydrogen-bond acceptors (Lipinski definition) is 8. The number of aryl methyl sites for hydroxylation is 2. The average molecular weight is 476 g/mol. The van der Waals surface area contributed by atoms with Crippen molar-refractivity contribution < 1.29 is 4.79 Å². The number of aromatic nitrogens is 8. The van der Waals surface area contributed by atoms with Crippen LogP contribution in [-0.2, 0) is 25.4 Å². The van der Waals surface area contributed by atoms with Crippen LogP contribution in [0.5, 0.6) is 0 Å². The van der Waals surface area contributed by atoms with Crippen molar-refractivity contribution in [2.45, 2.75) is 16.6 Å². The zero-order valence-electron chi connectivity index (χ0n) is 15.3. The second kappa shape index (κ2) is 7.75. The van der Waals surface area contributed by atoms with Crippen molar-refractivity contribution in [2.75, 3.05) is 5.32 Å². The van der Waals surface area contributed by atoms with Crippen molar-refractivity contribution in [2.24, 2.45) is 14.1 Å². The lowest BCUT2D eigenvalue weighted by atomic mass is 10.3. The van der Waals surface area contributed by atoms with Gasteiger partial charge >= 0.3 is 0 Å². The molecular formula is C16H14BrN9O2S. The van der Waals surface area contributed by atoms with Gasteiger partial charge in [-0.2, -0.15) is 5.10 Å². The van der Waals surface area contributed by atoms with Gasteiger partial charge in [-0.3, -0.25) is 18.8 Å². The lowest BCUT2D eigenvalue weighted by molar-refractivity contribution is -0.116. The van der Waals surface area contributed by atoms with E-state index < -0.39 is 0 Å². The summed E-state index contributed by atoms with van der Waals surface area (Å²) >= 11 is 4.72. The molecule has 0 aliphatic heterocycles. The molecular weight excluding hydrogens is 462 g/mol. The Morgan fingerprint density at radius 1 is 1.28 bits per heavy atom. The van der Waals surface area contributed by atoms with Gasteiger partial charge in [-0.15, -0.1) is 5.10 Å². The third-order valence-electron chi connectivity index (χ3n) is 4.03. The number of carbonyl (C=O) groups is 1. The van der Waals surface area contributed by atoms with Crippen molar-refractivity contribution in [1.29, 1.82) is 0 Å². The van der Waals surface area contributed by atoms with Crippen LogP contribution in [-0.4, -0.2) is 45.4 Å². The molecule has 0 radical (unpaired) electrons. The maximum Gasteiger partial charge on any atom is 0.264 e. The Balaban J connectivity index is 1.57. The molecule has 0 saturated heterocycles. The number of benzene rings is 1. The first-order chi connectivity index (χ1) is 13.9. The highest BCUT2D eigenvalue weighted by atomic mass is 79.9. The Morgan fingerprint density at radius 2 is 2.10 bits per heavy atom. The quantitative estimate of drug-likeness (QED) is 0.456. The molecule has 0 aliphatic carbocycles. The zero-order chi connectivity index (χ0) is 20.5. The van der Waals surface area contributed by atoms with Crippen LogP contribution >= 0.6 is 27.7 Å². The Kier molecular flexibility index (Phi) is 5.15. The summed E-state index contributed by atoms with van der Waals surface area (Å²) < 4.78 is 5.08. The molecule has 13 heteroatoms. The van der Waals surface area contributed by atoms with E-state index >= 15 is 0 Å². The lowest BCUT2D eigenvalue weighted by Crippen LogP contribution is -2.28. The molecule has 29 heavy (non-hydrogen) atoms. The lowest BCUT2D eigenvalue weighted by Gasteiger charge is -2.11. The van der Waals surface area contributed by atoms with Crippen molar-refractivity contribution in [3.8, 4) is 0 Å². The van der Waals surface area contributed by atoms with Crippen LogP contribution in [0.3, 0.4) is 0 Å². The fraction of sp³-hybridized carbons (Fsp3) is 0.188. The predicted octanol–water partition coefficient (Wildman–Crippen LogP) is 1.21. The molecule has 0 spiro atoms. The van der Waals surface area contributed by atoms with Crippen molar-refractivity contribution in [1.82, 2.24) is 39.5 Å². The van der Waals surface area contributed by atoms with Gasteiger partial charge in [0.05, 0.1) is 11.9 Å². The standard InChI is InChI=1S/C16H14BrN9O2S/c1-24-14-10(6-19-24)15(28)26(8-18-14)7-13(27)20-11-5-9(17)3-4-12(11)29-16-21-22-23-25(16)2/h3-6,8H,7H2,1-2H3,(H,20,27). The van der Waals surface area contributed by atoms with Gasteiger partial charge in [0.1, 0.15) is 18.3 Å². The first kappa shape index (κ1) is 19.3. The van der Waals surface area contributed by atoms with E-state index in [0.717, 1.165) is 9.37 Å². The van der Waals surface area contributed by atoms with Crippen LogP contribution in [0.2, 0.25) is 0 Å². The Morgan fingerprint density at radius 3 is 2.86 bits per heavy atom. The van der Waals surface area contributed by atoms with E-state index in [1.807, 2.05) is 12.1 Å². The minimum atomic E-state index is -0.367. The van der Waals surface area contributed by atoms with Crippen LogP contribution in [0, 0.1) is 0 Å². The van der Waals surface area contributed by atoms with E-state index in [4.69, 9.17) is 0 Å². The van der Waals surface area contributed by atoms with Crippen LogP contribution < -0.4 is 10.9 Å². The van der Waals surface area contributed by atoms with Crippen molar-refractivity contribution >= 4 is 50.3 Å². The van der Waals surface area contributed by atoms with Crippen molar-refractivity contribution in [3.63, 3.8) is 0 Å². The maximum atomic E-state index is 12.6. The van der Waals surface area contributed by atoms with Crippen LogP contribution in [0.1, 0.15) is 0 Å². The number of halogens is 1. The number of fused-ring (bicyclic) bond motifs is 1. The number of nitrogens with zero attached hydrogens (tertiary/aromatic N) is 8. The van der Waals surface area contributed by atoms with Gasteiger partial charge in [-0.25, -0.2) is 9.67 Å². The first-order valence-corrected chi connectivity index (χ1v) is 9.90. The molecule has 11 nitrogen and oxygen atoms in total. The topological polar surface area (TPSA) is 125 Å². The molecule has 0 saturated carbocycles. The first-order valence-electron chi connectivity index (χ1n) is 8.29. The highest BCUT2D eigenvalue weighted by molar-refractivity contribution is 9.10. The largest absolute Gasteiger partial charge is 0.323 e. The van der Waals surface area contributed by atoms with Gasteiger partial charge in [0, 0.05) is 23.5 Å². The molecule has 4 aromatic rings. The summed E-state index contributed by atoms with van der Waals surface area (Å²) in [6.45, 7) is -0.182. The number of nitrogens with one attached hydrogen (secondary N) is 1. The molecule has 1 amide bonds. The van der Waals surface area contributed by atoms with Gasteiger partial charge in [0.25, 0.3) is 5.56 Å². The minimum absolute atomic E-state index is 0.182. The van der Waals surface area contributed by atoms with Gasteiger partial charge in [0.15, 0.2) is 5.65 Å². The van der Waals surface area contributed by atoms with E-state index in [9.17, 15) is 9.59 Å². The molecule has 0 aliphatic rings. The number of hydrogen-bond donors (Lipinski definition) is 1. The van der Waals surface area contributed by atoms with Crippen LogP contribution in [0.4, 0.5) is 5.69 Å². The van der Waals surface area contributed by atoms with E-state index in [0.29, 0.717) is 21.9 Å². The summed E-state index contributed by atoms with van der Waals surface area (Å²) in [5, 5.41) is 19.1. The number of amides is 1. The minimum Gasteiger partial charge on any atom is -0.323 e. The second-order valence-electron chi connectivity index (χ2n) is 6.06. The molecule has 0 bridgehead atoms. The number of tetrazole rings is 1. The van der Waals surface area contributed by atoms with Crippen LogP contribution in [0.25, 0.3) is 11.0 Å².